The summed E-state index contributed by atoms with van der Waals surface area (Å²) < 4.78 is 15.5. The van der Waals surface area contributed by atoms with E-state index < -0.39 is 5.91 Å². The molecule has 0 aromatic heterocycles. The van der Waals surface area contributed by atoms with Gasteiger partial charge in [-0.1, -0.05) is 48.5 Å². The second-order valence-corrected chi connectivity index (χ2v) is 8.28. The number of rotatable bonds is 12. The molecule has 0 aliphatic carbocycles. The normalized spacial score (nSPS) is 9.92. The van der Waals surface area contributed by atoms with Gasteiger partial charge < -0.3 is 36.1 Å². The third-order valence-electron chi connectivity index (χ3n) is 5.29. The molecule has 10 heteroatoms. The van der Waals surface area contributed by atoms with Gasteiger partial charge in [-0.2, -0.15) is 4.99 Å². The van der Waals surface area contributed by atoms with E-state index in [1.54, 1.807) is 25.3 Å². The predicted molar refractivity (Wildman–Crippen MR) is 150 cm³/mol. The monoisotopic (exact) mass is 536 g/mol. The van der Waals surface area contributed by atoms with Crippen molar-refractivity contribution in [2.24, 2.45) is 16.5 Å². The summed E-state index contributed by atoms with van der Waals surface area (Å²) >= 11 is 0. The number of hydrogen-bond acceptors (Lipinski definition) is 6. The van der Waals surface area contributed by atoms with Crippen molar-refractivity contribution in [3.63, 3.8) is 0 Å². The zero-order valence-electron chi connectivity index (χ0n) is 22.3. The number of nitrogens with one attached hydrogen (secondary N) is 1. The molecule has 208 valence electrons. The number of guanidine groups is 1. The number of methoxy groups -OCH3 is 2. The molecule has 0 heterocycles. The number of hydrogen-bond donors (Lipinski definition) is 4. The second-order valence-electron chi connectivity index (χ2n) is 8.28. The number of amides is 2. The van der Waals surface area contributed by atoms with E-state index in [9.17, 15) is 9.59 Å². The van der Waals surface area contributed by atoms with E-state index in [1.807, 2.05) is 54.6 Å². The van der Waals surface area contributed by atoms with Crippen LogP contribution in [0.5, 0.6) is 17.2 Å². The Morgan fingerprint density at radius 2 is 1.59 bits per heavy atom. The lowest BCUT2D eigenvalue weighted by molar-refractivity contribution is -0.121. The molecular formula is C29H36N4O6. The average molecular weight is 537 g/mol. The van der Waals surface area contributed by atoms with Crippen LogP contribution in [0.1, 0.15) is 23.1 Å². The average Bonchev–Trinajstić information content (AvgIpc) is 2.94. The molecule has 3 rings (SSSR count). The molecule has 10 nitrogen and oxygen atoms in total. The maximum atomic E-state index is 11.9. The molecule has 0 aliphatic heterocycles. The first kappa shape index (κ1) is 30.7. The molecule has 0 aliphatic rings. The number of benzene rings is 3. The number of carbonyl (C=O) groups is 2. The summed E-state index contributed by atoms with van der Waals surface area (Å²) in [6, 6.07) is 22.7. The van der Waals surface area contributed by atoms with Gasteiger partial charge in [-0.15, -0.1) is 0 Å². The number of aliphatic imine (C=N–C) groups is 1. The molecule has 6 N–H and O–H groups in total. The summed E-state index contributed by atoms with van der Waals surface area (Å²) in [4.78, 5) is 26.7. The standard InChI is InChI=1S/C18H21NO3.C11H15N3O3/c20-11-12-22-17-8-4-7-16(13-17)14-19-18(21)10-9-15-5-2-1-3-6-15;1-16-8-4-3-7(5-9(8)17-2)6-10(15)14-11(12)13/h1-8,13,20H,9-12,14H2,(H,19,21);3-5H,6H2,1-2H3,(H4,12,13,14,15). The van der Waals surface area contributed by atoms with E-state index >= 15 is 0 Å². The van der Waals surface area contributed by atoms with Crippen LogP contribution in [-0.4, -0.2) is 50.3 Å². The highest BCUT2D eigenvalue weighted by atomic mass is 16.5. The van der Waals surface area contributed by atoms with Crippen molar-refractivity contribution in [2.45, 2.75) is 25.8 Å². The largest absolute Gasteiger partial charge is 0.493 e. The fraction of sp³-hybridized carbons (Fsp3) is 0.276. The quantitative estimate of drug-likeness (QED) is 0.203. The van der Waals surface area contributed by atoms with Crippen LogP contribution in [0.15, 0.2) is 77.8 Å². The summed E-state index contributed by atoms with van der Waals surface area (Å²) in [5.74, 6) is 1.25. The molecule has 0 atom stereocenters. The highest BCUT2D eigenvalue weighted by molar-refractivity contribution is 5.92. The summed E-state index contributed by atoms with van der Waals surface area (Å²) in [6.45, 7) is 0.733. The fourth-order valence-electron chi connectivity index (χ4n) is 3.45. The van der Waals surface area contributed by atoms with E-state index in [0.717, 1.165) is 23.1 Å². The first-order chi connectivity index (χ1) is 18.8. The zero-order chi connectivity index (χ0) is 28.5. The van der Waals surface area contributed by atoms with Crippen molar-refractivity contribution in [3.05, 3.63) is 89.5 Å². The van der Waals surface area contributed by atoms with Gasteiger partial charge in [0.15, 0.2) is 17.5 Å². The van der Waals surface area contributed by atoms with Crippen molar-refractivity contribution in [1.82, 2.24) is 5.32 Å². The Kier molecular flexibility index (Phi) is 13.4. The topological polar surface area (TPSA) is 158 Å². The molecule has 3 aromatic rings. The van der Waals surface area contributed by atoms with Gasteiger partial charge in [0.25, 0.3) is 5.91 Å². The summed E-state index contributed by atoms with van der Waals surface area (Å²) in [6.07, 6.45) is 1.33. The van der Waals surface area contributed by atoms with Gasteiger partial charge in [-0.05, 0) is 47.4 Å². The van der Waals surface area contributed by atoms with Crippen LogP contribution < -0.4 is 31.0 Å². The van der Waals surface area contributed by atoms with E-state index in [-0.39, 0.29) is 31.5 Å². The van der Waals surface area contributed by atoms with Crippen LogP contribution in [0.4, 0.5) is 0 Å². The minimum absolute atomic E-state index is 0.0134. The third kappa shape index (κ3) is 12.0. The number of aryl methyl sites for hydroxylation is 1. The Morgan fingerprint density at radius 1 is 0.872 bits per heavy atom. The van der Waals surface area contributed by atoms with Crippen molar-refractivity contribution < 1.29 is 28.9 Å². The van der Waals surface area contributed by atoms with E-state index in [1.165, 1.54) is 7.11 Å². The van der Waals surface area contributed by atoms with Crippen LogP contribution in [0.3, 0.4) is 0 Å². The smallest absolute Gasteiger partial charge is 0.253 e. The molecule has 0 radical (unpaired) electrons. The fourth-order valence-corrected chi connectivity index (χ4v) is 3.45. The molecule has 0 fully saturated rings. The van der Waals surface area contributed by atoms with Crippen molar-refractivity contribution in [3.8, 4) is 17.2 Å². The van der Waals surface area contributed by atoms with Gasteiger partial charge >= 0.3 is 0 Å². The van der Waals surface area contributed by atoms with Gasteiger partial charge in [0.1, 0.15) is 12.4 Å². The maximum Gasteiger partial charge on any atom is 0.253 e. The first-order valence-corrected chi connectivity index (χ1v) is 12.3. The Morgan fingerprint density at radius 3 is 2.26 bits per heavy atom. The van der Waals surface area contributed by atoms with Crippen LogP contribution in [0.2, 0.25) is 0 Å². The number of aliphatic hydroxyl groups excluding tert-OH is 1. The number of nitrogens with two attached hydrogens (primary N) is 2. The molecule has 0 spiro atoms. The van der Waals surface area contributed by atoms with Gasteiger partial charge in [-0.3, -0.25) is 9.59 Å². The van der Waals surface area contributed by atoms with Gasteiger partial charge in [0.05, 0.1) is 27.2 Å². The van der Waals surface area contributed by atoms with Crippen LogP contribution in [0, 0.1) is 0 Å². The number of nitrogens with zero attached hydrogens (tertiary/aromatic N) is 1. The molecule has 0 bridgehead atoms. The van der Waals surface area contributed by atoms with Crippen molar-refractivity contribution in [1.29, 1.82) is 0 Å². The molecule has 0 saturated carbocycles. The van der Waals surface area contributed by atoms with E-state index in [2.05, 4.69) is 10.3 Å². The van der Waals surface area contributed by atoms with Crippen molar-refractivity contribution in [2.75, 3.05) is 27.4 Å². The van der Waals surface area contributed by atoms with Gasteiger partial charge in [0.2, 0.25) is 5.91 Å². The lowest BCUT2D eigenvalue weighted by Crippen LogP contribution is -2.24. The lowest BCUT2D eigenvalue weighted by Gasteiger charge is -2.08. The maximum absolute atomic E-state index is 11.9. The Bertz CT molecular complexity index is 1210. The van der Waals surface area contributed by atoms with Crippen LogP contribution in [-0.2, 0) is 29.0 Å². The number of carbonyl (C=O) groups excluding carboxylic acids is 2. The molecule has 0 unspecified atom stereocenters. The highest BCUT2D eigenvalue weighted by Gasteiger charge is 2.08. The van der Waals surface area contributed by atoms with Crippen molar-refractivity contribution >= 4 is 17.8 Å². The molecule has 2 amide bonds. The van der Waals surface area contributed by atoms with Crippen LogP contribution >= 0.6 is 0 Å². The van der Waals surface area contributed by atoms with Gasteiger partial charge in [0, 0.05) is 13.0 Å². The molecule has 0 saturated heterocycles. The Labute approximate surface area is 228 Å². The van der Waals surface area contributed by atoms with E-state index in [0.29, 0.717) is 30.2 Å². The molecular weight excluding hydrogens is 500 g/mol. The molecule has 39 heavy (non-hydrogen) atoms. The minimum atomic E-state index is -0.405. The first-order valence-electron chi connectivity index (χ1n) is 12.3. The summed E-state index contributed by atoms with van der Waals surface area (Å²) in [5, 5.41) is 11.7. The molecule has 3 aromatic carbocycles. The number of aliphatic hydroxyl groups is 1. The summed E-state index contributed by atoms with van der Waals surface area (Å²) in [7, 11) is 3.07. The zero-order valence-corrected chi connectivity index (χ0v) is 22.3. The van der Waals surface area contributed by atoms with Gasteiger partial charge in [-0.25, -0.2) is 0 Å². The third-order valence-corrected chi connectivity index (χ3v) is 5.29. The summed E-state index contributed by atoms with van der Waals surface area (Å²) in [5.41, 5.74) is 13.1. The SMILES string of the molecule is COc1ccc(CC(=O)N=C(N)N)cc1OC.O=C(CCc1ccccc1)NCc1cccc(OCCO)c1. The van der Waals surface area contributed by atoms with Crippen LogP contribution in [0.25, 0.3) is 0 Å². The minimum Gasteiger partial charge on any atom is -0.493 e. The van der Waals surface area contributed by atoms with E-state index in [4.69, 9.17) is 30.8 Å². The number of ether oxygens (including phenoxy) is 3. The lowest BCUT2D eigenvalue weighted by atomic mass is 10.1. The second kappa shape index (κ2) is 17.0. The highest BCUT2D eigenvalue weighted by Crippen LogP contribution is 2.27. The predicted octanol–water partition coefficient (Wildman–Crippen LogP) is 2.35. The Hall–Kier alpha value is -4.57. The Balaban J connectivity index is 0.000000283.